The molecule has 0 bridgehead atoms. The number of nitrogens with zero attached hydrogens (tertiary/aromatic N) is 4. The van der Waals surface area contributed by atoms with Crippen LogP contribution in [0.25, 0.3) is 6.08 Å². The van der Waals surface area contributed by atoms with Gasteiger partial charge < -0.3 is 0 Å². The Balaban J connectivity index is 2.00. The van der Waals surface area contributed by atoms with Gasteiger partial charge in [0.25, 0.3) is 0 Å². The van der Waals surface area contributed by atoms with Gasteiger partial charge in [0.2, 0.25) is 11.0 Å². The molecule has 2 rings (SSSR count). The number of carbonyl (C=O) groups excluding carboxylic acids is 1. The second kappa shape index (κ2) is 7.02. The SMILES string of the molecule is Cc1nn(C)c(Cl)c1/C=C/C(=O)Nc1nnc(CC(C)C)s1. The number of carbonyl (C=O) groups is 1. The van der Waals surface area contributed by atoms with Crippen LogP contribution in [0.5, 0.6) is 0 Å². The highest BCUT2D eigenvalue weighted by molar-refractivity contribution is 7.15. The molecule has 0 aromatic carbocycles. The number of hydrogen-bond donors (Lipinski definition) is 1. The molecule has 0 aliphatic rings. The van der Waals surface area contributed by atoms with E-state index in [0.29, 0.717) is 16.2 Å². The first-order valence-corrected chi connectivity index (χ1v) is 8.06. The van der Waals surface area contributed by atoms with Crippen molar-refractivity contribution >= 4 is 40.1 Å². The molecule has 0 aliphatic heterocycles. The summed E-state index contributed by atoms with van der Waals surface area (Å²) in [5.74, 6) is 0.235. The molecule has 22 heavy (non-hydrogen) atoms. The van der Waals surface area contributed by atoms with Crippen LogP contribution < -0.4 is 5.32 Å². The van der Waals surface area contributed by atoms with E-state index >= 15 is 0 Å². The Labute approximate surface area is 138 Å². The minimum atomic E-state index is -0.272. The molecule has 0 aliphatic carbocycles. The third kappa shape index (κ3) is 4.14. The maximum atomic E-state index is 11.9. The lowest BCUT2D eigenvalue weighted by atomic mass is 10.1. The zero-order valence-electron chi connectivity index (χ0n) is 12.9. The van der Waals surface area contributed by atoms with Gasteiger partial charge in [0.1, 0.15) is 10.2 Å². The topological polar surface area (TPSA) is 72.7 Å². The second-order valence-corrected chi connectivity index (χ2v) is 6.76. The average molecular weight is 340 g/mol. The van der Waals surface area contributed by atoms with Gasteiger partial charge in [-0.25, -0.2) is 0 Å². The molecular formula is C14H18ClN5OS. The Morgan fingerprint density at radius 3 is 2.77 bits per heavy atom. The van der Waals surface area contributed by atoms with E-state index < -0.39 is 0 Å². The van der Waals surface area contributed by atoms with Gasteiger partial charge in [-0.3, -0.25) is 14.8 Å². The molecular weight excluding hydrogens is 322 g/mol. The third-order valence-electron chi connectivity index (χ3n) is 2.88. The number of amides is 1. The molecule has 1 N–H and O–H groups in total. The fourth-order valence-corrected chi connectivity index (χ4v) is 3.07. The summed E-state index contributed by atoms with van der Waals surface area (Å²) in [4.78, 5) is 11.9. The Bertz CT molecular complexity index is 704. The van der Waals surface area contributed by atoms with Crippen LogP contribution in [0.4, 0.5) is 5.13 Å². The fourth-order valence-electron chi connectivity index (χ4n) is 1.88. The Morgan fingerprint density at radius 1 is 1.45 bits per heavy atom. The molecule has 0 saturated heterocycles. The van der Waals surface area contributed by atoms with Crippen molar-refractivity contribution in [2.75, 3.05) is 5.32 Å². The van der Waals surface area contributed by atoms with Crippen LogP contribution >= 0.6 is 22.9 Å². The van der Waals surface area contributed by atoms with Gasteiger partial charge in [0.05, 0.1) is 5.69 Å². The number of rotatable bonds is 5. The minimum absolute atomic E-state index is 0.272. The zero-order valence-corrected chi connectivity index (χ0v) is 14.5. The van der Waals surface area contributed by atoms with Crippen LogP contribution in [0.1, 0.15) is 30.1 Å². The first-order valence-electron chi connectivity index (χ1n) is 6.87. The lowest BCUT2D eigenvalue weighted by Gasteiger charge is -1.97. The third-order valence-corrected chi connectivity index (χ3v) is 4.19. The lowest BCUT2D eigenvalue weighted by molar-refractivity contribution is -0.111. The van der Waals surface area contributed by atoms with E-state index in [1.165, 1.54) is 17.4 Å². The van der Waals surface area contributed by atoms with Crippen LogP contribution in [-0.2, 0) is 18.3 Å². The Hall–Kier alpha value is -1.73. The van der Waals surface area contributed by atoms with Crippen molar-refractivity contribution in [1.29, 1.82) is 0 Å². The smallest absolute Gasteiger partial charge is 0.250 e. The number of aryl methyl sites for hydroxylation is 2. The van der Waals surface area contributed by atoms with Crippen molar-refractivity contribution in [3.8, 4) is 0 Å². The number of anilines is 1. The van der Waals surface area contributed by atoms with Gasteiger partial charge in [0, 0.05) is 25.1 Å². The van der Waals surface area contributed by atoms with E-state index in [0.717, 1.165) is 22.7 Å². The summed E-state index contributed by atoms with van der Waals surface area (Å²) < 4.78 is 1.57. The molecule has 2 aromatic heterocycles. The quantitative estimate of drug-likeness (QED) is 0.849. The molecule has 0 spiro atoms. The molecule has 0 unspecified atom stereocenters. The summed E-state index contributed by atoms with van der Waals surface area (Å²) in [6.07, 6.45) is 3.92. The van der Waals surface area contributed by atoms with Crippen LogP contribution in [0, 0.1) is 12.8 Å². The van der Waals surface area contributed by atoms with Crippen molar-refractivity contribution in [3.05, 3.63) is 27.5 Å². The van der Waals surface area contributed by atoms with E-state index in [4.69, 9.17) is 11.6 Å². The number of aromatic nitrogens is 4. The monoisotopic (exact) mass is 339 g/mol. The minimum Gasteiger partial charge on any atom is -0.297 e. The summed E-state index contributed by atoms with van der Waals surface area (Å²) >= 11 is 7.50. The van der Waals surface area contributed by atoms with E-state index in [1.807, 2.05) is 6.92 Å². The number of nitrogens with one attached hydrogen (secondary N) is 1. The fraction of sp³-hybridized carbons (Fsp3) is 0.429. The van der Waals surface area contributed by atoms with Crippen LogP contribution in [0.3, 0.4) is 0 Å². The van der Waals surface area contributed by atoms with Crippen molar-refractivity contribution in [1.82, 2.24) is 20.0 Å². The Kier molecular flexibility index (Phi) is 5.31. The summed E-state index contributed by atoms with van der Waals surface area (Å²) in [5, 5.41) is 16.8. The summed E-state index contributed by atoms with van der Waals surface area (Å²) in [5.41, 5.74) is 1.50. The van der Waals surface area contributed by atoms with Gasteiger partial charge in [-0.1, -0.05) is 36.8 Å². The van der Waals surface area contributed by atoms with Gasteiger partial charge in [-0.15, -0.1) is 10.2 Å². The molecule has 6 nitrogen and oxygen atoms in total. The van der Waals surface area contributed by atoms with E-state index in [2.05, 4.69) is 34.5 Å². The molecule has 0 atom stereocenters. The zero-order chi connectivity index (χ0) is 16.3. The highest BCUT2D eigenvalue weighted by Gasteiger charge is 2.10. The predicted octanol–water partition coefficient (Wildman–Crippen LogP) is 3.08. The molecule has 0 saturated carbocycles. The predicted molar refractivity (Wildman–Crippen MR) is 89.1 cm³/mol. The molecule has 118 valence electrons. The second-order valence-electron chi connectivity index (χ2n) is 5.34. The standard InChI is InChI=1S/C14H18ClN5OS/c1-8(2)7-12-17-18-14(22-12)16-11(21)6-5-10-9(3)19-20(4)13(10)15/h5-6,8H,7H2,1-4H3,(H,16,18,21)/b6-5+. The Morgan fingerprint density at radius 2 is 2.18 bits per heavy atom. The van der Waals surface area contributed by atoms with Gasteiger partial charge >= 0.3 is 0 Å². The van der Waals surface area contributed by atoms with E-state index in [9.17, 15) is 4.79 Å². The van der Waals surface area contributed by atoms with Crippen molar-refractivity contribution < 1.29 is 4.79 Å². The molecule has 0 radical (unpaired) electrons. The van der Waals surface area contributed by atoms with Gasteiger partial charge in [-0.05, 0) is 18.9 Å². The van der Waals surface area contributed by atoms with Crippen molar-refractivity contribution in [2.45, 2.75) is 27.2 Å². The largest absolute Gasteiger partial charge is 0.297 e. The van der Waals surface area contributed by atoms with Crippen LogP contribution in [-0.4, -0.2) is 25.9 Å². The highest BCUT2D eigenvalue weighted by Crippen LogP contribution is 2.21. The highest BCUT2D eigenvalue weighted by atomic mass is 35.5. The summed E-state index contributed by atoms with van der Waals surface area (Å²) in [6.45, 7) is 6.07. The molecule has 0 fully saturated rings. The average Bonchev–Trinajstić information content (AvgIpc) is 2.93. The van der Waals surface area contributed by atoms with Crippen LogP contribution in [0.2, 0.25) is 5.15 Å². The molecule has 2 aromatic rings. The van der Waals surface area contributed by atoms with Gasteiger partial charge in [-0.2, -0.15) is 5.10 Å². The summed E-state index contributed by atoms with van der Waals surface area (Å²) in [7, 11) is 1.75. The normalized spacial score (nSPS) is 11.5. The summed E-state index contributed by atoms with van der Waals surface area (Å²) in [6, 6.07) is 0. The van der Waals surface area contributed by atoms with E-state index in [-0.39, 0.29) is 5.91 Å². The van der Waals surface area contributed by atoms with Gasteiger partial charge in [0.15, 0.2) is 0 Å². The van der Waals surface area contributed by atoms with E-state index in [1.54, 1.807) is 17.8 Å². The lowest BCUT2D eigenvalue weighted by Crippen LogP contribution is -2.07. The first-order chi connectivity index (χ1) is 10.4. The van der Waals surface area contributed by atoms with Crippen LogP contribution in [0.15, 0.2) is 6.08 Å². The number of hydrogen-bond acceptors (Lipinski definition) is 5. The first kappa shape index (κ1) is 16.6. The molecule has 8 heteroatoms. The number of halogens is 1. The van der Waals surface area contributed by atoms with Crippen molar-refractivity contribution in [2.24, 2.45) is 13.0 Å². The maximum Gasteiger partial charge on any atom is 0.250 e. The maximum absolute atomic E-state index is 11.9. The molecule has 1 amide bonds. The molecule has 2 heterocycles. The van der Waals surface area contributed by atoms with Crippen molar-refractivity contribution in [3.63, 3.8) is 0 Å².